The molecule has 0 unspecified atom stereocenters. The van der Waals surface area contributed by atoms with Gasteiger partial charge in [-0.25, -0.2) is 0 Å². The molecule has 0 saturated carbocycles. The molecule has 0 amide bonds. The van der Waals surface area contributed by atoms with Gasteiger partial charge in [-0.3, -0.25) is 4.79 Å². The van der Waals surface area contributed by atoms with Crippen LogP contribution in [0.15, 0.2) is 27.5 Å². The monoisotopic (exact) mass is 187 g/mol. The molecule has 1 heterocycles. The maximum atomic E-state index is 11.6. The van der Waals surface area contributed by atoms with Gasteiger partial charge >= 0.3 is 0 Å². The number of benzene rings is 1. The Bertz CT molecular complexity index is 569. The lowest BCUT2D eigenvalue weighted by Gasteiger charge is -1.91. The van der Waals surface area contributed by atoms with E-state index in [0.29, 0.717) is 11.0 Å². The van der Waals surface area contributed by atoms with Crippen molar-refractivity contribution < 1.29 is 4.52 Å². The highest BCUT2D eigenvalue weighted by molar-refractivity contribution is 5.78. The molecular formula is C11H9NO2. The van der Waals surface area contributed by atoms with E-state index in [9.17, 15) is 4.79 Å². The zero-order valence-electron chi connectivity index (χ0n) is 7.78. The van der Waals surface area contributed by atoms with Crippen LogP contribution in [0.3, 0.4) is 0 Å². The number of aromatic nitrogens is 1. The van der Waals surface area contributed by atoms with Crippen LogP contribution in [0.2, 0.25) is 0 Å². The van der Waals surface area contributed by atoms with Gasteiger partial charge < -0.3 is 4.52 Å². The predicted molar refractivity (Wildman–Crippen MR) is 54.0 cm³/mol. The van der Waals surface area contributed by atoms with E-state index in [1.807, 2.05) is 19.1 Å². The van der Waals surface area contributed by atoms with Gasteiger partial charge in [0.2, 0.25) is 0 Å². The van der Waals surface area contributed by atoms with E-state index >= 15 is 0 Å². The lowest BCUT2D eigenvalue weighted by atomic mass is 10.2. The molecule has 0 aliphatic heterocycles. The molecule has 0 radical (unpaired) electrons. The first-order valence-corrected chi connectivity index (χ1v) is 4.27. The first-order chi connectivity index (χ1) is 6.74. The normalized spacial score (nSPS) is 10.3. The van der Waals surface area contributed by atoms with Crippen molar-refractivity contribution in [3.05, 3.63) is 34.1 Å². The summed E-state index contributed by atoms with van der Waals surface area (Å²) >= 11 is 0. The van der Waals surface area contributed by atoms with Gasteiger partial charge in [-0.2, -0.15) is 4.74 Å². The van der Waals surface area contributed by atoms with Crippen LogP contribution in [0.5, 0.6) is 0 Å². The first-order valence-electron chi connectivity index (χ1n) is 4.27. The molecule has 0 fully saturated rings. The summed E-state index contributed by atoms with van der Waals surface area (Å²) in [4.78, 5) is 11.6. The summed E-state index contributed by atoms with van der Waals surface area (Å²) in [5.74, 6) is 2.37. The number of nitrogens with zero attached hydrogens (tertiary/aromatic N) is 1. The molecule has 0 aliphatic rings. The van der Waals surface area contributed by atoms with E-state index in [1.54, 1.807) is 6.07 Å². The third-order valence-electron chi connectivity index (χ3n) is 2.11. The van der Waals surface area contributed by atoms with Gasteiger partial charge in [0.15, 0.2) is 5.58 Å². The molecule has 1 aromatic carbocycles. The average Bonchev–Trinajstić information content (AvgIpc) is 2.48. The molecule has 0 spiro atoms. The topological polar surface area (TPSA) is 35.1 Å². The van der Waals surface area contributed by atoms with Gasteiger partial charge in [0.1, 0.15) is 6.54 Å². The lowest BCUT2D eigenvalue weighted by Crippen LogP contribution is -2.12. The highest BCUT2D eigenvalue weighted by atomic mass is 16.5. The quantitative estimate of drug-likeness (QED) is 0.635. The van der Waals surface area contributed by atoms with E-state index in [-0.39, 0.29) is 12.1 Å². The fourth-order valence-electron chi connectivity index (χ4n) is 1.42. The second kappa shape index (κ2) is 3.08. The highest BCUT2D eigenvalue weighted by Gasteiger charge is 2.09. The molecule has 0 atom stereocenters. The molecule has 0 saturated heterocycles. The summed E-state index contributed by atoms with van der Waals surface area (Å²) in [6.07, 6.45) is 5.12. The minimum atomic E-state index is -0.165. The largest absolute Gasteiger partial charge is 0.375 e. The number of para-hydroxylation sites is 1. The van der Waals surface area contributed by atoms with Crippen LogP contribution in [0.4, 0.5) is 0 Å². The summed E-state index contributed by atoms with van der Waals surface area (Å²) in [5.41, 5.74) is 1.39. The lowest BCUT2D eigenvalue weighted by molar-refractivity contribution is 0.307. The highest BCUT2D eigenvalue weighted by Crippen LogP contribution is 2.14. The third-order valence-corrected chi connectivity index (χ3v) is 2.11. The van der Waals surface area contributed by atoms with Crippen LogP contribution in [0, 0.1) is 19.3 Å². The molecule has 2 rings (SSSR count). The summed E-state index contributed by atoms with van der Waals surface area (Å²) in [6.45, 7) is 2.07. The fraction of sp³-hybridized carbons (Fsp3) is 0.182. The van der Waals surface area contributed by atoms with Crippen LogP contribution in [-0.4, -0.2) is 4.74 Å². The van der Waals surface area contributed by atoms with Crippen molar-refractivity contribution >= 4 is 11.0 Å². The number of aryl methyl sites for hydroxylation is 1. The Labute approximate surface area is 80.9 Å². The minimum absolute atomic E-state index is 0.165. The van der Waals surface area contributed by atoms with Crippen molar-refractivity contribution in [3.63, 3.8) is 0 Å². The number of rotatable bonds is 1. The predicted octanol–water partition coefficient (Wildman–Crippen LogP) is 1.54. The summed E-state index contributed by atoms with van der Waals surface area (Å²) < 4.78 is 6.52. The Morgan fingerprint density at radius 3 is 3.00 bits per heavy atom. The summed E-state index contributed by atoms with van der Waals surface area (Å²) in [5, 5.41) is 0.584. The smallest absolute Gasteiger partial charge is 0.291 e. The zero-order valence-corrected chi connectivity index (χ0v) is 7.78. The Morgan fingerprint density at radius 1 is 1.57 bits per heavy atom. The molecule has 2 aromatic rings. The van der Waals surface area contributed by atoms with Crippen molar-refractivity contribution in [2.45, 2.75) is 13.5 Å². The molecule has 0 bridgehead atoms. The van der Waals surface area contributed by atoms with E-state index in [0.717, 1.165) is 5.56 Å². The van der Waals surface area contributed by atoms with Crippen molar-refractivity contribution in [3.8, 4) is 12.3 Å². The molecule has 14 heavy (non-hydrogen) atoms. The summed E-state index contributed by atoms with van der Waals surface area (Å²) in [7, 11) is 0. The Balaban J connectivity index is 2.81. The molecule has 70 valence electrons. The molecule has 0 aliphatic carbocycles. The maximum Gasteiger partial charge on any atom is 0.291 e. The van der Waals surface area contributed by atoms with Crippen molar-refractivity contribution in [2.75, 3.05) is 0 Å². The van der Waals surface area contributed by atoms with E-state index in [1.165, 1.54) is 4.74 Å². The molecule has 3 nitrogen and oxygen atoms in total. The van der Waals surface area contributed by atoms with E-state index in [2.05, 4.69) is 5.92 Å². The zero-order chi connectivity index (χ0) is 10.1. The van der Waals surface area contributed by atoms with Crippen LogP contribution in [0.1, 0.15) is 5.56 Å². The Hall–Kier alpha value is -1.95. The van der Waals surface area contributed by atoms with Gasteiger partial charge in [0, 0.05) is 0 Å². The SMILES string of the molecule is C#CCn1oc2c(C)cccc2c1=O. The molecule has 3 heteroatoms. The van der Waals surface area contributed by atoms with Gasteiger partial charge in [-0.1, -0.05) is 18.1 Å². The van der Waals surface area contributed by atoms with Gasteiger partial charge in [-0.15, -0.1) is 6.42 Å². The van der Waals surface area contributed by atoms with Gasteiger partial charge in [0.25, 0.3) is 5.56 Å². The molecule has 0 N–H and O–H groups in total. The first kappa shape index (κ1) is 8.64. The second-order valence-corrected chi connectivity index (χ2v) is 3.09. The van der Waals surface area contributed by atoms with E-state index < -0.39 is 0 Å². The number of fused-ring (bicyclic) bond motifs is 1. The minimum Gasteiger partial charge on any atom is -0.375 e. The Kier molecular flexibility index (Phi) is 1.90. The van der Waals surface area contributed by atoms with Crippen LogP contribution in [0.25, 0.3) is 11.0 Å². The van der Waals surface area contributed by atoms with Crippen LogP contribution in [-0.2, 0) is 6.54 Å². The number of terminal acetylenes is 1. The van der Waals surface area contributed by atoms with Crippen LogP contribution < -0.4 is 5.56 Å². The standard InChI is InChI=1S/C11H9NO2/c1-3-7-12-11(13)9-6-4-5-8(2)10(9)14-12/h1,4-6H,7H2,2H3. The van der Waals surface area contributed by atoms with Crippen molar-refractivity contribution in [1.29, 1.82) is 0 Å². The third kappa shape index (κ3) is 1.12. The van der Waals surface area contributed by atoms with Crippen LogP contribution >= 0.6 is 0 Å². The second-order valence-electron chi connectivity index (χ2n) is 3.09. The van der Waals surface area contributed by atoms with Crippen molar-refractivity contribution in [2.24, 2.45) is 0 Å². The van der Waals surface area contributed by atoms with Gasteiger partial charge in [0.05, 0.1) is 5.39 Å². The maximum absolute atomic E-state index is 11.6. The summed E-state index contributed by atoms with van der Waals surface area (Å²) in [6, 6.07) is 5.46. The van der Waals surface area contributed by atoms with Crippen molar-refractivity contribution in [1.82, 2.24) is 4.74 Å². The number of hydrogen-bond donors (Lipinski definition) is 0. The van der Waals surface area contributed by atoms with E-state index in [4.69, 9.17) is 10.9 Å². The average molecular weight is 187 g/mol. The molecular weight excluding hydrogens is 178 g/mol. The molecule has 1 aromatic heterocycles. The number of hydrogen-bond acceptors (Lipinski definition) is 2. The fourth-order valence-corrected chi connectivity index (χ4v) is 1.42. The van der Waals surface area contributed by atoms with Gasteiger partial charge in [-0.05, 0) is 18.6 Å². The Morgan fingerprint density at radius 2 is 2.36 bits per heavy atom.